The molecule has 0 saturated carbocycles. The van der Waals surface area contributed by atoms with Crippen molar-refractivity contribution in [2.45, 2.75) is 26.8 Å². The van der Waals surface area contributed by atoms with Crippen LogP contribution in [0.1, 0.15) is 28.3 Å². The van der Waals surface area contributed by atoms with E-state index < -0.39 is 0 Å². The molecule has 2 nitrogen and oxygen atoms in total. The molecule has 0 amide bonds. The molecule has 0 saturated heterocycles. The summed E-state index contributed by atoms with van der Waals surface area (Å²) in [6.45, 7) is 6.91. The highest BCUT2D eigenvalue weighted by atomic mass is 14.9. The van der Waals surface area contributed by atoms with E-state index in [1.54, 1.807) is 0 Å². The molecule has 2 rings (SSSR count). The lowest BCUT2D eigenvalue weighted by Crippen LogP contribution is -2.21. The Labute approximate surface area is 115 Å². The third-order valence-corrected chi connectivity index (χ3v) is 3.43. The summed E-state index contributed by atoms with van der Waals surface area (Å²) in [6.07, 6.45) is 0. The van der Waals surface area contributed by atoms with Gasteiger partial charge in [0, 0.05) is 12.2 Å². The van der Waals surface area contributed by atoms with Crippen molar-refractivity contribution in [3.05, 3.63) is 64.7 Å². The lowest BCUT2D eigenvalue weighted by atomic mass is 10.0. The predicted molar refractivity (Wildman–Crippen MR) is 82.5 cm³/mol. The van der Waals surface area contributed by atoms with Gasteiger partial charge in [0.15, 0.2) is 0 Å². The van der Waals surface area contributed by atoms with Crippen molar-refractivity contribution < 1.29 is 0 Å². The fourth-order valence-electron chi connectivity index (χ4n) is 2.24. The maximum atomic E-state index is 5.91. The Morgan fingerprint density at radius 2 is 1.58 bits per heavy atom. The predicted octanol–water partition coefficient (Wildman–Crippen LogP) is 3.72. The molecule has 2 aromatic rings. The highest BCUT2D eigenvalue weighted by Gasteiger charge is 2.10. The van der Waals surface area contributed by atoms with Crippen molar-refractivity contribution in [3.8, 4) is 0 Å². The molecule has 0 heterocycles. The molecule has 0 radical (unpaired) electrons. The minimum atomic E-state index is 0.155. The van der Waals surface area contributed by atoms with Gasteiger partial charge in [-0.3, -0.25) is 0 Å². The smallest absolute Gasteiger partial charge is 0.0636 e. The van der Waals surface area contributed by atoms with Crippen molar-refractivity contribution in [3.63, 3.8) is 0 Å². The molecule has 0 aliphatic rings. The van der Waals surface area contributed by atoms with E-state index in [0.717, 1.165) is 5.69 Å². The summed E-state index contributed by atoms with van der Waals surface area (Å²) in [5.41, 5.74) is 12.1. The summed E-state index contributed by atoms with van der Waals surface area (Å²) in [4.78, 5) is 0. The lowest BCUT2D eigenvalue weighted by molar-refractivity contribution is 0.788. The molecule has 0 aromatic heterocycles. The average Bonchev–Trinajstić information content (AvgIpc) is 2.39. The zero-order valence-corrected chi connectivity index (χ0v) is 11.9. The molecule has 0 fully saturated rings. The van der Waals surface area contributed by atoms with Crippen LogP contribution in [-0.4, -0.2) is 6.54 Å². The summed E-state index contributed by atoms with van der Waals surface area (Å²) in [5, 5.41) is 3.53. The maximum absolute atomic E-state index is 5.91. The summed E-state index contributed by atoms with van der Waals surface area (Å²) < 4.78 is 0. The first kappa shape index (κ1) is 13.6. The number of aryl methyl sites for hydroxylation is 3. The van der Waals surface area contributed by atoms with Gasteiger partial charge in [-0.1, -0.05) is 47.5 Å². The van der Waals surface area contributed by atoms with Crippen LogP contribution in [0.3, 0.4) is 0 Å². The number of nitrogens with two attached hydrogens (primary N) is 1. The Morgan fingerprint density at radius 1 is 0.947 bits per heavy atom. The molecule has 2 aromatic carbocycles. The molecule has 100 valence electrons. The van der Waals surface area contributed by atoms with Gasteiger partial charge in [0.2, 0.25) is 0 Å². The Balaban J connectivity index is 2.21. The van der Waals surface area contributed by atoms with Gasteiger partial charge in [-0.15, -0.1) is 0 Å². The summed E-state index contributed by atoms with van der Waals surface area (Å²) >= 11 is 0. The van der Waals surface area contributed by atoms with Crippen LogP contribution >= 0.6 is 0 Å². The highest BCUT2D eigenvalue weighted by Crippen LogP contribution is 2.22. The van der Waals surface area contributed by atoms with Gasteiger partial charge in [-0.05, 0) is 38.0 Å². The molecule has 19 heavy (non-hydrogen) atoms. The Bertz CT molecular complexity index is 544. The van der Waals surface area contributed by atoms with Gasteiger partial charge >= 0.3 is 0 Å². The van der Waals surface area contributed by atoms with E-state index in [1.807, 2.05) is 0 Å². The number of hydrogen-bond donors (Lipinski definition) is 2. The van der Waals surface area contributed by atoms with Crippen LogP contribution in [0.4, 0.5) is 5.69 Å². The molecule has 0 aliphatic carbocycles. The largest absolute Gasteiger partial charge is 0.377 e. The van der Waals surface area contributed by atoms with E-state index in [-0.39, 0.29) is 6.04 Å². The summed E-state index contributed by atoms with van der Waals surface area (Å²) in [7, 11) is 0. The highest BCUT2D eigenvalue weighted by molar-refractivity contribution is 5.53. The third kappa shape index (κ3) is 3.36. The first-order valence-corrected chi connectivity index (χ1v) is 6.70. The van der Waals surface area contributed by atoms with Gasteiger partial charge in [0.25, 0.3) is 0 Å². The van der Waals surface area contributed by atoms with E-state index in [4.69, 9.17) is 5.73 Å². The minimum Gasteiger partial charge on any atom is -0.377 e. The van der Waals surface area contributed by atoms with Crippen molar-refractivity contribution >= 4 is 5.69 Å². The van der Waals surface area contributed by atoms with E-state index in [2.05, 4.69) is 68.6 Å². The molecular weight excluding hydrogens is 232 g/mol. The first-order valence-electron chi connectivity index (χ1n) is 6.70. The van der Waals surface area contributed by atoms with Gasteiger partial charge in [-0.25, -0.2) is 0 Å². The van der Waals surface area contributed by atoms with Gasteiger partial charge in [0.1, 0.15) is 0 Å². The molecule has 0 aliphatic heterocycles. The van der Waals surface area contributed by atoms with Crippen LogP contribution in [0.15, 0.2) is 42.5 Å². The molecular formula is C17H22N2. The van der Waals surface area contributed by atoms with Crippen molar-refractivity contribution in [2.75, 3.05) is 11.9 Å². The Morgan fingerprint density at radius 3 is 2.16 bits per heavy atom. The van der Waals surface area contributed by atoms with Crippen molar-refractivity contribution in [2.24, 2.45) is 5.73 Å². The number of hydrogen-bond acceptors (Lipinski definition) is 2. The van der Waals surface area contributed by atoms with E-state index in [0.29, 0.717) is 6.54 Å². The van der Waals surface area contributed by atoms with Gasteiger partial charge in [0.05, 0.1) is 6.04 Å². The molecule has 1 atom stereocenters. The SMILES string of the molecule is Cc1ccc(C(CN)Nc2ccc(C)cc2C)cc1. The van der Waals surface area contributed by atoms with Gasteiger partial charge in [-0.2, -0.15) is 0 Å². The van der Waals surface area contributed by atoms with E-state index in [9.17, 15) is 0 Å². The second-order valence-corrected chi connectivity index (χ2v) is 5.16. The van der Waals surface area contributed by atoms with Crippen molar-refractivity contribution in [1.82, 2.24) is 0 Å². The summed E-state index contributed by atoms with van der Waals surface area (Å²) in [6, 6.07) is 15.1. The monoisotopic (exact) mass is 254 g/mol. The van der Waals surface area contributed by atoms with Crippen LogP contribution in [0, 0.1) is 20.8 Å². The van der Waals surface area contributed by atoms with Crippen LogP contribution in [0.2, 0.25) is 0 Å². The van der Waals surface area contributed by atoms with Crippen LogP contribution in [0.5, 0.6) is 0 Å². The molecule has 2 heteroatoms. The number of rotatable bonds is 4. The van der Waals surface area contributed by atoms with E-state index >= 15 is 0 Å². The standard InChI is InChI=1S/C17H22N2/c1-12-4-7-15(8-5-12)17(11-18)19-16-9-6-13(2)10-14(16)3/h4-10,17,19H,11,18H2,1-3H3. The number of anilines is 1. The second-order valence-electron chi connectivity index (χ2n) is 5.16. The second kappa shape index (κ2) is 5.89. The van der Waals surface area contributed by atoms with Crippen LogP contribution in [0.25, 0.3) is 0 Å². The fraction of sp³-hybridized carbons (Fsp3) is 0.294. The van der Waals surface area contributed by atoms with Crippen LogP contribution in [-0.2, 0) is 0 Å². The van der Waals surface area contributed by atoms with Crippen LogP contribution < -0.4 is 11.1 Å². The topological polar surface area (TPSA) is 38.0 Å². The first-order chi connectivity index (χ1) is 9.10. The Hall–Kier alpha value is -1.80. The van der Waals surface area contributed by atoms with E-state index in [1.165, 1.54) is 22.3 Å². The summed E-state index contributed by atoms with van der Waals surface area (Å²) in [5.74, 6) is 0. The van der Waals surface area contributed by atoms with Crippen molar-refractivity contribution in [1.29, 1.82) is 0 Å². The van der Waals surface area contributed by atoms with Gasteiger partial charge < -0.3 is 11.1 Å². The quantitative estimate of drug-likeness (QED) is 0.872. The normalized spacial score (nSPS) is 12.2. The number of nitrogens with one attached hydrogen (secondary N) is 1. The molecule has 1 unspecified atom stereocenters. The zero-order valence-electron chi connectivity index (χ0n) is 11.9. The minimum absolute atomic E-state index is 0.155. The fourth-order valence-corrected chi connectivity index (χ4v) is 2.24. The lowest BCUT2D eigenvalue weighted by Gasteiger charge is -2.20. The molecule has 3 N–H and O–H groups in total. The average molecular weight is 254 g/mol. The third-order valence-electron chi connectivity index (χ3n) is 3.43. The maximum Gasteiger partial charge on any atom is 0.0636 e. The zero-order chi connectivity index (χ0) is 13.8. The Kier molecular flexibility index (Phi) is 4.23. The molecule has 0 bridgehead atoms. The number of benzene rings is 2. The molecule has 0 spiro atoms.